The first kappa shape index (κ1) is 24.3. The molecule has 0 atom stereocenters. The smallest absolute Gasteiger partial charge is 0.257 e. The molecule has 1 aliphatic rings. The summed E-state index contributed by atoms with van der Waals surface area (Å²) in [4.78, 5) is 32.5. The lowest BCUT2D eigenvalue weighted by Gasteiger charge is -2.32. The number of carbonyl (C=O) groups excluding carboxylic acids is 2. The van der Waals surface area contributed by atoms with Gasteiger partial charge in [-0.15, -0.1) is 0 Å². The Hall–Kier alpha value is -4.39. The number of anilines is 1. The van der Waals surface area contributed by atoms with Gasteiger partial charge < -0.3 is 19.5 Å². The zero-order chi connectivity index (χ0) is 25.8. The summed E-state index contributed by atoms with van der Waals surface area (Å²) in [5.41, 5.74) is 3.82. The maximum atomic E-state index is 13.3. The Kier molecular flexibility index (Phi) is 7.03. The molecule has 1 N–H and O–H groups in total. The number of likely N-dealkylation sites (tertiary alicyclic amines) is 1. The van der Waals surface area contributed by atoms with Crippen LogP contribution in [-0.4, -0.2) is 46.5 Å². The highest BCUT2D eigenvalue weighted by Crippen LogP contribution is 2.30. The number of carbonyl (C=O) groups is 2. The van der Waals surface area contributed by atoms with Gasteiger partial charge in [-0.2, -0.15) is 0 Å². The highest BCUT2D eigenvalue weighted by atomic mass is 16.5. The molecule has 1 aliphatic heterocycles. The first-order chi connectivity index (χ1) is 18.0. The minimum absolute atomic E-state index is 0.0126. The summed E-state index contributed by atoms with van der Waals surface area (Å²) in [6.07, 6.45) is 7.19. The fourth-order valence-corrected chi connectivity index (χ4v) is 4.72. The summed E-state index contributed by atoms with van der Waals surface area (Å²) in [6.45, 7) is 3.31. The molecule has 188 valence electrons. The van der Waals surface area contributed by atoms with Gasteiger partial charge in [-0.3, -0.25) is 9.59 Å². The number of aromatic nitrogens is 2. The Morgan fingerprint density at radius 3 is 2.30 bits per heavy atom. The maximum Gasteiger partial charge on any atom is 0.257 e. The molecule has 0 saturated carbocycles. The highest BCUT2D eigenvalue weighted by Gasteiger charge is 2.25. The second-order valence-corrected chi connectivity index (χ2v) is 9.32. The van der Waals surface area contributed by atoms with Crippen LogP contribution in [0.25, 0.3) is 5.82 Å². The van der Waals surface area contributed by atoms with E-state index in [0.29, 0.717) is 35.8 Å². The number of amides is 2. The fraction of sp³-hybridized carbons (Fsp3) is 0.233. The maximum absolute atomic E-state index is 13.3. The van der Waals surface area contributed by atoms with Crippen LogP contribution < -0.4 is 10.1 Å². The van der Waals surface area contributed by atoms with Crippen molar-refractivity contribution in [1.82, 2.24) is 14.5 Å². The second kappa shape index (κ2) is 10.7. The van der Waals surface area contributed by atoms with E-state index in [2.05, 4.69) is 22.4 Å². The molecule has 4 aromatic rings. The third-order valence-corrected chi connectivity index (χ3v) is 6.98. The summed E-state index contributed by atoms with van der Waals surface area (Å²) < 4.78 is 7.13. The van der Waals surface area contributed by atoms with Crippen molar-refractivity contribution in [1.29, 1.82) is 0 Å². The van der Waals surface area contributed by atoms with Crippen molar-refractivity contribution >= 4 is 17.5 Å². The summed E-state index contributed by atoms with van der Waals surface area (Å²) in [5, 5.41) is 2.95. The van der Waals surface area contributed by atoms with Gasteiger partial charge in [-0.1, -0.05) is 18.2 Å². The fourth-order valence-electron chi connectivity index (χ4n) is 4.72. The zero-order valence-corrected chi connectivity index (χ0v) is 21.1. The molecule has 2 amide bonds. The average molecular weight is 495 g/mol. The topological polar surface area (TPSA) is 76.5 Å². The number of methoxy groups -OCH3 is 1. The van der Waals surface area contributed by atoms with Gasteiger partial charge in [0.25, 0.3) is 11.8 Å². The Morgan fingerprint density at radius 2 is 1.65 bits per heavy atom. The largest absolute Gasteiger partial charge is 0.497 e. The molecule has 2 aromatic carbocycles. The van der Waals surface area contributed by atoms with E-state index in [1.165, 1.54) is 5.56 Å². The van der Waals surface area contributed by atoms with E-state index in [1.807, 2.05) is 65.2 Å². The summed E-state index contributed by atoms with van der Waals surface area (Å²) in [7, 11) is 1.67. The van der Waals surface area contributed by atoms with Crippen LogP contribution in [0.3, 0.4) is 0 Å². The van der Waals surface area contributed by atoms with Crippen LogP contribution in [0.15, 0.2) is 85.3 Å². The molecule has 0 radical (unpaired) electrons. The molecule has 1 fully saturated rings. The Labute approximate surface area is 216 Å². The van der Waals surface area contributed by atoms with Gasteiger partial charge in [0.2, 0.25) is 0 Å². The zero-order valence-electron chi connectivity index (χ0n) is 21.1. The lowest BCUT2D eigenvalue weighted by molar-refractivity contribution is 0.0712. The lowest BCUT2D eigenvalue weighted by atomic mass is 9.89. The van der Waals surface area contributed by atoms with Crippen molar-refractivity contribution < 1.29 is 14.3 Å². The van der Waals surface area contributed by atoms with Crippen molar-refractivity contribution in [3.8, 4) is 11.6 Å². The number of piperidine rings is 1. The molecule has 1 saturated heterocycles. The molecule has 37 heavy (non-hydrogen) atoms. The van der Waals surface area contributed by atoms with Crippen LogP contribution in [-0.2, 0) is 0 Å². The monoisotopic (exact) mass is 494 g/mol. The molecule has 0 spiro atoms. The second-order valence-electron chi connectivity index (χ2n) is 9.32. The predicted octanol–water partition coefficient (Wildman–Crippen LogP) is 5.46. The van der Waals surface area contributed by atoms with E-state index in [-0.39, 0.29) is 11.8 Å². The SMILES string of the molecule is COc1ccc(C2CCN(C(=O)c3ccc(C)c(NC(=O)c4ccc(-n5cccc5)nc4)c3)CC2)cc1. The average Bonchev–Trinajstić information content (AvgIpc) is 3.49. The van der Waals surface area contributed by atoms with E-state index < -0.39 is 0 Å². The van der Waals surface area contributed by atoms with Gasteiger partial charge in [0.05, 0.1) is 12.7 Å². The minimum Gasteiger partial charge on any atom is -0.497 e. The van der Waals surface area contributed by atoms with Crippen LogP contribution in [0.5, 0.6) is 5.75 Å². The molecule has 3 heterocycles. The molecular weight excluding hydrogens is 464 g/mol. The molecule has 0 aliphatic carbocycles. The number of aryl methyl sites for hydroxylation is 1. The number of nitrogens with one attached hydrogen (secondary N) is 1. The van der Waals surface area contributed by atoms with E-state index >= 15 is 0 Å². The summed E-state index contributed by atoms with van der Waals surface area (Å²) >= 11 is 0. The lowest BCUT2D eigenvalue weighted by Crippen LogP contribution is -2.38. The van der Waals surface area contributed by atoms with E-state index in [9.17, 15) is 9.59 Å². The normalized spacial score (nSPS) is 13.8. The van der Waals surface area contributed by atoms with Crippen molar-refractivity contribution in [2.24, 2.45) is 0 Å². The van der Waals surface area contributed by atoms with Crippen LogP contribution >= 0.6 is 0 Å². The highest BCUT2D eigenvalue weighted by molar-refractivity contribution is 6.05. The van der Waals surface area contributed by atoms with E-state index in [4.69, 9.17) is 4.74 Å². The van der Waals surface area contributed by atoms with E-state index in [0.717, 1.165) is 30.0 Å². The predicted molar refractivity (Wildman–Crippen MR) is 144 cm³/mol. The van der Waals surface area contributed by atoms with Crippen LogP contribution in [0.2, 0.25) is 0 Å². The third-order valence-electron chi connectivity index (χ3n) is 6.98. The van der Waals surface area contributed by atoms with Gasteiger partial charge in [0.15, 0.2) is 0 Å². The molecule has 7 heteroatoms. The van der Waals surface area contributed by atoms with Crippen LogP contribution in [0.1, 0.15) is 50.6 Å². The number of benzene rings is 2. The van der Waals surface area contributed by atoms with Gasteiger partial charge in [0, 0.05) is 42.9 Å². The molecule has 0 bridgehead atoms. The number of nitrogens with zero attached hydrogens (tertiary/aromatic N) is 3. The molecule has 5 rings (SSSR count). The molecular formula is C30H30N4O3. The van der Waals surface area contributed by atoms with Crippen LogP contribution in [0.4, 0.5) is 5.69 Å². The first-order valence-corrected chi connectivity index (χ1v) is 12.5. The Morgan fingerprint density at radius 1 is 0.946 bits per heavy atom. The number of pyridine rings is 1. The minimum atomic E-state index is -0.264. The van der Waals surface area contributed by atoms with Crippen molar-refractivity contribution in [2.75, 3.05) is 25.5 Å². The number of hydrogen-bond donors (Lipinski definition) is 1. The standard InChI is InChI=1S/C30H30N4O3/c1-21-5-6-24(30(36)34-17-13-23(14-18-34)22-7-10-26(37-2)11-8-22)19-27(21)32-29(35)25-9-12-28(31-20-25)33-15-3-4-16-33/h3-12,15-16,19-20,23H,13-14,17-18H2,1-2H3,(H,32,35). The molecule has 0 unspecified atom stereocenters. The number of hydrogen-bond acceptors (Lipinski definition) is 4. The van der Waals surface area contributed by atoms with Crippen molar-refractivity contribution in [3.63, 3.8) is 0 Å². The van der Waals surface area contributed by atoms with Crippen molar-refractivity contribution in [3.05, 3.63) is 108 Å². The Balaban J connectivity index is 1.23. The molecule has 7 nitrogen and oxygen atoms in total. The first-order valence-electron chi connectivity index (χ1n) is 12.5. The molecule has 2 aromatic heterocycles. The van der Waals surface area contributed by atoms with Gasteiger partial charge in [0.1, 0.15) is 11.6 Å². The van der Waals surface area contributed by atoms with Crippen molar-refractivity contribution in [2.45, 2.75) is 25.7 Å². The van der Waals surface area contributed by atoms with Gasteiger partial charge in [-0.05, 0) is 85.3 Å². The summed E-state index contributed by atoms with van der Waals surface area (Å²) in [6, 6.07) is 21.1. The van der Waals surface area contributed by atoms with Gasteiger partial charge in [-0.25, -0.2) is 4.98 Å². The van der Waals surface area contributed by atoms with E-state index in [1.54, 1.807) is 31.5 Å². The quantitative estimate of drug-likeness (QED) is 0.386. The number of ether oxygens (including phenoxy) is 1. The third kappa shape index (κ3) is 5.40. The number of rotatable bonds is 6. The van der Waals surface area contributed by atoms with Gasteiger partial charge >= 0.3 is 0 Å². The van der Waals surface area contributed by atoms with Crippen LogP contribution in [0, 0.1) is 6.92 Å². The Bertz CT molecular complexity index is 1370. The summed E-state index contributed by atoms with van der Waals surface area (Å²) in [5.74, 6) is 1.74.